The summed E-state index contributed by atoms with van der Waals surface area (Å²) in [4.78, 5) is 13.8. The maximum Gasteiger partial charge on any atom is 0.250 e. The number of likely N-dealkylation sites (N-methyl/N-ethyl adjacent to an activating group) is 1. The van der Waals surface area contributed by atoms with Gasteiger partial charge in [-0.25, -0.2) is 0 Å². The largest absolute Gasteiger partial charge is 0.350 e. The minimum Gasteiger partial charge on any atom is -0.350 e. The number of hydrogen-bond donors (Lipinski definition) is 0. The number of amides is 1. The Labute approximate surface area is 129 Å². The van der Waals surface area contributed by atoms with Crippen molar-refractivity contribution in [1.82, 2.24) is 14.3 Å². The molecule has 0 N–H and O–H groups in total. The SMILES string of the molecule is CN(C(=O)C=Cc1cn(C)c2ccccc12)c1cnn(C)c1. The lowest BCUT2D eigenvalue weighted by atomic mass is 10.1. The Morgan fingerprint density at radius 3 is 2.73 bits per heavy atom. The smallest absolute Gasteiger partial charge is 0.250 e. The molecule has 5 nitrogen and oxygen atoms in total. The number of para-hydroxylation sites is 1. The zero-order chi connectivity index (χ0) is 15.7. The van der Waals surface area contributed by atoms with Crippen LogP contribution in [0.1, 0.15) is 5.56 Å². The van der Waals surface area contributed by atoms with Gasteiger partial charge in [-0.2, -0.15) is 5.10 Å². The zero-order valence-electron chi connectivity index (χ0n) is 12.9. The summed E-state index contributed by atoms with van der Waals surface area (Å²) in [5, 5.41) is 5.22. The number of carbonyl (C=O) groups excluding carboxylic acids is 1. The van der Waals surface area contributed by atoms with E-state index in [0.717, 1.165) is 22.2 Å². The second-order valence-electron chi connectivity index (χ2n) is 5.32. The van der Waals surface area contributed by atoms with E-state index in [1.807, 2.05) is 44.7 Å². The number of aryl methyl sites for hydroxylation is 2. The third-order valence-corrected chi connectivity index (χ3v) is 3.74. The first-order valence-electron chi connectivity index (χ1n) is 7.05. The molecule has 2 heterocycles. The Morgan fingerprint density at radius 1 is 1.23 bits per heavy atom. The van der Waals surface area contributed by atoms with Crippen LogP contribution in [0, 0.1) is 0 Å². The molecular formula is C17H18N4O. The van der Waals surface area contributed by atoms with Crippen LogP contribution in [-0.2, 0) is 18.9 Å². The third kappa shape index (κ3) is 2.53. The van der Waals surface area contributed by atoms with E-state index in [0.29, 0.717) is 0 Å². The van der Waals surface area contributed by atoms with Crippen LogP contribution >= 0.6 is 0 Å². The molecule has 112 valence electrons. The maximum atomic E-state index is 12.3. The standard InChI is InChI=1S/C17H18N4O/c1-19-11-13(15-6-4-5-7-16(15)19)8-9-17(22)21(3)14-10-18-20(2)12-14/h4-12H,1-3H3. The molecule has 22 heavy (non-hydrogen) atoms. The number of rotatable bonds is 3. The number of anilines is 1. The molecule has 0 radical (unpaired) electrons. The lowest BCUT2D eigenvalue weighted by molar-refractivity contribution is -0.113. The molecule has 0 spiro atoms. The van der Waals surface area contributed by atoms with E-state index in [2.05, 4.69) is 21.8 Å². The first-order valence-corrected chi connectivity index (χ1v) is 7.05. The molecule has 0 bridgehead atoms. The molecule has 0 atom stereocenters. The van der Waals surface area contributed by atoms with Gasteiger partial charge in [0.05, 0.1) is 11.9 Å². The molecule has 2 aromatic heterocycles. The Kier molecular flexibility index (Phi) is 3.55. The lowest BCUT2D eigenvalue weighted by Gasteiger charge is -2.11. The van der Waals surface area contributed by atoms with Gasteiger partial charge in [0, 0.05) is 56.1 Å². The van der Waals surface area contributed by atoms with E-state index in [1.54, 1.807) is 28.9 Å². The van der Waals surface area contributed by atoms with E-state index >= 15 is 0 Å². The highest BCUT2D eigenvalue weighted by atomic mass is 16.2. The number of hydrogen-bond acceptors (Lipinski definition) is 2. The van der Waals surface area contributed by atoms with Crippen LogP contribution in [0.15, 0.2) is 48.9 Å². The van der Waals surface area contributed by atoms with Crippen LogP contribution in [0.25, 0.3) is 17.0 Å². The van der Waals surface area contributed by atoms with Crippen molar-refractivity contribution in [3.05, 3.63) is 54.5 Å². The Balaban J connectivity index is 1.85. The lowest BCUT2D eigenvalue weighted by Crippen LogP contribution is -2.23. The van der Waals surface area contributed by atoms with Crippen molar-refractivity contribution in [2.45, 2.75) is 0 Å². The topological polar surface area (TPSA) is 43.1 Å². The molecule has 3 rings (SSSR count). The highest BCUT2D eigenvalue weighted by Crippen LogP contribution is 2.21. The van der Waals surface area contributed by atoms with Crippen LogP contribution in [0.2, 0.25) is 0 Å². The van der Waals surface area contributed by atoms with Gasteiger partial charge in [-0.1, -0.05) is 18.2 Å². The van der Waals surface area contributed by atoms with Crippen LogP contribution in [0.4, 0.5) is 5.69 Å². The predicted octanol–water partition coefficient (Wildman–Crippen LogP) is 2.59. The van der Waals surface area contributed by atoms with E-state index in [9.17, 15) is 4.79 Å². The highest BCUT2D eigenvalue weighted by Gasteiger charge is 2.10. The minimum atomic E-state index is -0.0825. The molecule has 1 amide bonds. The maximum absolute atomic E-state index is 12.3. The van der Waals surface area contributed by atoms with Crippen LogP contribution in [0.3, 0.4) is 0 Å². The number of carbonyl (C=O) groups is 1. The van der Waals surface area contributed by atoms with Gasteiger partial charge in [0.25, 0.3) is 5.91 Å². The molecule has 1 aromatic carbocycles. The first kappa shape index (κ1) is 14.1. The normalized spacial score (nSPS) is 11.4. The number of aromatic nitrogens is 3. The molecule has 0 fully saturated rings. The molecule has 0 unspecified atom stereocenters. The van der Waals surface area contributed by atoms with Crippen LogP contribution in [-0.4, -0.2) is 27.3 Å². The fourth-order valence-corrected chi connectivity index (χ4v) is 2.49. The Morgan fingerprint density at radius 2 is 2.00 bits per heavy atom. The molecule has 0 aliphatic rings. The van der Waals surface area contributed by atoms with Gasteiger partial charge in [-0.3, -0.25) is 9.48 Å². The second-order valence-corrected chi connectivity index (χ2v) is 5.32. The van der Waals surface area contributed by atoms with Crippen LogP contribution in [0.5, 0.6) is 0 Å². The van der Waals surface area contributed by atoms with Crippen molar-refractivity contribution in [3.63, 3.8) is 0 Å². The second kappa shape index (κ2) is 5.52. The van der Waals surface area contributed by atoms with Gasteiger partial charge in [-0.15, -0.1) is 0 Å². The molecule has 0 aliphatic carbocycles. The van der Waals surface area contributed by atoms with Gasteiger partial charge in [0.15, 0.2) is 0 Å². The minimum absolute atomic E-state index is 0.0825. The summed E-state index contributed by atoms with van der Waals surface area (Å²) in [6, 6.07) is 8.14. The van der Waals surface area contributed by atoms with Crippen molar-refractivity contribution in [2.24, 2.45) is 14.1 Å². The Hall–Kier alpha value is -2.82. The molecule has 5 heteroatoms. The quantitative estimate of drug-likeness (QED) is 0.697. The predicted molar refractivity (Wildman–Crippen MR) is 88.6 cm³/mol. The monoisotopic (exact) mass is 294 g/mol. The fraction of sp³-hybridized carbons (Fsp3) is 0.176. The van der Waals surface area contributed by atoms with Gasteiger partial charge in [0.1, 0.15) is 0 Å². The van der Waals surface area contributed by atoms with Gasteiger partial charge in [0.2, 0.25) is 0 Å². The summed E-state index contributed by atoms with van der Waals surface area (Å²) >= 11 is 0. The van der Waals surface area contributed by atoms with Crippen molar-refractivity contribution < 1.29 is 4.79 Å². The average molecular weight is 294 g/mol. The van der Waals surface area contributed by atoms with E-state index in [4.69, 9.17) is 0 Å². The summed E-state index contributed by atoms with van der Waals surface area (Å²) in [5.41, 5.74) is 2.95. The zero-order valence-corrected chi connectivity index (χ0v) is 12.9. The van der Waals surface area contributed by atoms with Crippen molar-refractivity contribution in [3.8, 4) is 0 Å². The van der Waals surface area contributed by atoms with Gasteiger partial charge in [-0.05, 0) is 12.1 Å². The summed E-state index contributed by atoms with van der Waals surface area (Å²) in [6.07, 6.45) is 8.96. The molecular weight excluding hydrogens is 276 g/mol. The van der Waals surface area contributed by atoms with Gasteiger partial charge >= 0.3 is 0 Å². The summed E-state index contributed by atoms with van der Waals surface area (Å²) in [6.45, 7) is 0. The summed E-state index contributed by atoms with van der Waals surface area (Å²) < 4.78 is 3.73. The Bertz CT molecular complexity index is 857. The number of nitrogens with zero attached hydrogens (tertiary/aromatic N) is 4. The van der Waals surface area contributed by atoms with E-state index in [-0.39, 0.29) is 5.91 Å². The fourth-order valence-electron chi connectivity index (χ4n) is 2.49. The molecule has 0 saturated heterocycles. The average Bonchev–Trinajstić information content (AvgIpc) is 3.09. The number of benzene rings is 1. The van der Waals surface area contributed by atoms with Crippen LogP contribution < -0.4 is 4.90 Å². The molecule has 0 aliphatic heterocycles. The number of fused-ring (bicyclic) bond motifs is 1. The van der Waals surface area contributed by atoms with Crippen molar-refractivity contribution in [2.75, 3.05) is 11.9 Å². The summed E-state index contributed by atoms with van der Waals surface area (Å²) in [5.74, 6) is -0.0825. The third-order valence-electron chi connectivity index (χ3n) is 3.74. The van der Waals surface area contributed by atoms with E-state index < -0.39 is 0 Å². The first-order chi connectivity index (χ1) is 10.6. The molecule has 0 saturated carbocycles. The van der Waals surface area contributed by atoms with Crippen molar-refractivity contribution in [1.29, 1.82) is 0 Å². The highest BCUT2D eigenvalue weighted by molar-refractivity contribution is 6.04. The van der Waals surface area contributed by atoms with E-state index in [1.165, 1.54) is 0 Å². The molecule has 3 aromatic rings. The van der Waals surface area contributed by atoms with Gasteiger partial charge < -0.3 is 9.47 Å². The summed E-state index contributed by atoms with van der Waals surface area (Å²) in [7, 11) is 5.57. The van der Waals surface area contributed by atoms with Crippen molar-refractivity contribution >= 4 is 28.6 Å².